The zero-order chi connectivity index (χ0) is 15.4. The third-order valence-corrected chi connectivity index (χ3v) is 3.22. The van der Waals surface area contributed by atoms with Gasteiger partial charge >= 0.3 is 0 Å². The van der Waals surface area contributed by atoms with Crippen LogP contribution in [0.3, 0.4) is 0 Å². The molecule has 21 heavy (non-hydrogen) atoms. The number of carbonyl (C=O) groups is 1. The second kappa shape index (κ2) is 6.49. The summed E-state index contributed by atoms with van der Waals surface area (Å²) in [5, 5.41) is 3.41. The fourth-order valence-electron chi connectivity index (χ4n) is 1.97. The maximum absolute atomic E-state index is 12.2. The first-order valence-electron chi connectivity index (χ1n) is 6.44. The van der Waals surface area contributed by atoms with Crippen LogP contribution >= 0.6 is 11.6 Å². The lowest BCUT2D eigenvalue weighted by molar-refractivity contribution is 0.101. The summed E-state index contributed by atoms with van der Waals surface area (Å²) in [4.78, 5) is 12.2. The standard InChI is InChI=1S/C16H16ClN3O/c1-11-8-12(4-3-7-18)5-6-14(11)19-16(21)15-9-13(17)10-20(15)2/h5-6,8-10H,7,18H2,1-2H3,(H,19,21). The van der Waals surface area contributed by atoms with E-state index < -0.39 is 0 Å². The summed E-state index contributed by atoms with van der Waals surface area (Å²) in [5.74, 6) is 5.56. The van der Waals surface area contributed by atoms with Gasteiger partial charge in [-0.1, -0.05) is 23.4 Å². The summed E-state index contributed by atoms with van der Waals surface area (Å²) in [5.41, 5.74) is 8.41. The van der Waals surface area contributed by atoms with Crippen LogP contribution in [0.5, 0.6) is 0 Å². The topological polar surface area (TPSA) is 60.0 Å². The maximum atomic E-state index is 12.2. The molecule has 0 bridgehead atoms. The van der Waals surface area contributed by atoms with Crippen LogP contribution in [0, 0.1) is 18.8 Å². The molecule has 3 N–H and O–H groups in total. The smallest absolute Gasteiger partial charge is 0.272 e. The summed E-state index contributed by atoms with van der Waals surface area (Å²) >= 11 is 5.89. The van der Waals surface area contributed by atoms with Crippen LogP contribution in [-0.2, 0) is 7.05 Å². The molecule has 108 valence electrons. The highest BCUT2D eigenvalue weighted by atomic mass is 35.5. The van der Waals surface area contributed by atoms with Crippen molar-refractivity contribution in [1.29, 1.82) is 0 Å². The SMILES string of the molecule is Cc1cc(C#CCN)ccc1NC(=O)c1cc(Cl)cn1C. The van der Waals surface area contributed by atoms with E-state index in [1.54, 1.807) is 23.9 Å². The lowest BCUT2D eigenvalue weighted by Crippen LogP contribution is -2.16. The Morgan fingerprint density at radius 2 is 2.19 bits per heavy atom. The van der Waals surface area contributed by atoms with E-state index in [-0.39, 0.29) is 5.91 Å². The van der Waals surface area contributed by atoms with Gasteiger partial charge in [-0.3, -0.25) is 4.79 Å². The number of amides is 1. The Hall–Kier alpha value is -2.22. The van der Waals surface area contributed by atoms with Gasteiger partial charge < -0.3 is 15.6 Å². The van der Waals surface area contributed by atoms with Crippen molar-refractivity contribution in [3.05, 3.63) is 52.3 Å². The van der Waals surface area contributed by atoms with Gasteiger partial charge in [0.25, 0.3) is 5.91 Å². The molecule has 1 aromatic heterocycles. The second-order valence-corrected chi connectivity index (χ2v) is 5.08. The van der Waals surface area contributed by atoms with Crippen molar-refractivity contribution in [3.8, 4) is 11.8 Å². The molecule has 2 rings (SSSR count). The second-order valence-electron chi connectivity index (χ2n) is 4.64. The molecule has 0 spiro atoms. The Morgan fingerprint density at radius 3 is 2.76 bits per heavy atom. The number of anilines is 1. The van der Waals surface area contributed by atoms with Crippen molar-refractivity contribution in [2.45, 2.75) is 6.92 Å². The van der Waals surface area contributed by atoms with Gasteiger partial charge in [-0.25, -0.2) is 0 Å². The van der Waals surface area contributed by atoms with Gasteiger partial charge in [0.15, 0.2) is 0 Å². The minimum absolute atomic E-state index is 0.201. The van der Waals surface area contributed by atoms with E-state index in [2.05, 4.69) is 17.2 Å². The fourth-order valence-corrected chi connectivity index (χ4v) is 2.22. The van der Waals surface area contributed by atoms with Gasteiger partial charge in [0.05, 0.1) is 11.6 Å². The number of hydrogen-bond acceptors (Lipinski definition) is 2. The molecule has 0 radical (unpaired) electrons. The van der Waals surface area contributed by atoms with Crippen LogP contribution < -0.4 is 11.1 Å². The van der Waals surface area contributed by atoms with Crippen molar-refractivity contribution in [3.63, 3.8) is 0 Å². The third kappa shape index (κ3) is 3.66. The Kier molecular flexibility index (Phi) is 4.69. The highest BCUT2D eigenvalue weighted by Crippen LogP contribution is 2.19. The van der Waals surface area contributed by atoms with Crippen LogP contribution in [0.25, 0.3) is 0 Å². The molecule has 2 aromatic rings. The van der Waals surface area contributed by atoms with Crippen LogP contribution in [0.15, 0.2) is 30.5 Å². The molecule has 1 amide bonds. The molecule has 0 atom stereocenters. The summed E-state index contributed by atoms with van der Waals surface area (Å²) < 4.78 is 1.69. The number of benzene rings is 1. The Balaban J connectivity index is 2.20. The first kappa shape index (κ1) is 15.2. The first-order valence-corrected chi connectivity index (χ1v) is 6.82. The van der Waals surface area contributed by atoms with Gasteiger partial charge in [0, 0.05) is 24.5 Å². The molecule has 0 unspecified atom stereocenters. The summed E-state index contributed by atoms with van der Waals surface area (Å²) in [6.45, 7) is 2.24. The summed E-state index contributed by atoms with van der Waals surface area (Å²) in [6.07, 6.45) is 1.69. The van der Waals surface area contributed by atoms with Crippen molar-refractivity contribution in [1.82, 2.24) is 4.57 Å². The van der Waals surface area contributed by atoms with Gasteiger partial charge in [-0.2, -0.15) is 0 Å². The average molecular weight is 302 g/mol. The number of nitrogens with two attached hydrogens (primary N) is 1. The number of aryl methyl sites for hydroxylation is 2. The van der Waals surface area contributed by atoms with Gasteiger partial charge in [-0.05, 0) is 36.8 Å². The molecule has 0 fully saturated rings. The molecule has 0 aliphatic rings. The van der Waals surface area contributed by atoms with Gasteiger partial charge in [0.1, 0.15) is 5.69 Å². The number of nitrogens with one attached hydrogen (secondary N) is 1. The first-order chi connectivity index (χ1) is 10.0. The molecule has 1 heterocycles. The summed E-state index contributed by atoms with van der Waals surface area (Å²) in [6, 6.07) is 7.23. The molecular weight excluding hydrogens is 286 g/mol. The fraction of sp³-hybridized carbons (Fsp3) is 0.188. The Morgan fingerprint density at radius 1 is 1.43 bits per heavy atom. The van der Waals surface area contributed by atoms with E-state index >= 15 is 0 Å². The normalized spacial score (nSPS) is 9.90. The minimum atomic E-state index is -0.201. The molecule has 0 saturated heterocycles. The van der Waals surface area contributed by atoms with E-state index in [0.717, 1.165) is 16.8 Å². The Labute approximate surface area is 128 Å². The summed E-state index contributed by atoms with van der Waals surface area (Å²) in [7, 11) is 1.78. The highest BCUT2D eigenvalue weighted by Gasteiger charge is 2.12. The number of halogens is 1. The van der Waals surface area contributed by atoms with Crippen LogP contribution in [0.2, 0.25) is 5.02 Å². The molecule has 1 aromatic carbocycles. The van der Waals surface area contributed by atoms with Crippen molar-refractivity contribution in [2.75, 3.05) is 11.9 Å². The average Bonchev–Trinajstić information content (AvgIpc) is 2.78. The lowest BCUT2D eigenvalue weighted by atomic mass is 10.1. The molecule has 0 aliphatic carbocycles. The number of aromatic nitrogens is 1. The van der Waals surface area contributed by atoms with Gasteiger partial charge in [0.2, 0.25) is 0 Å². The van der Waals surface area contributed by atoms with Crippen LogP contribution in [0.4, 0.5) is 5.69 Å². The third-order valence-electron chi connectivity index (χ3n) is 3.01. The van der Waals surface area contributed by atoms with Crippen LogP contribution in [0.1, 0.15) is 21.6 Å². The number of carbonyl (C=O) groups excluding carboxylic acids is 1. The largest absolute Gasteiger partial charge is 0.345 e. The zero-order valence-electron chi connectivity index (χ0n) is 11.9. The number of rotatable bonds is 2. The molecule has 5 heteroatoms. The lowest BCUT2D eigenvalue weighted by Gasteiger charge is -2.09. The Bertz CT molecular complexity index is 738. The molecular formula is C16H16ClN3O. The van der Waals surface area contributed by atoms with Crippen molar-refractivity contribution >= 4 is 23.2 Å². The van der Waals surface area contributed by atoms with Gasteiger partial charge in [-0.15, -0.1) is 0 Å². The van der Waals surface area contributed by atoms with E-state index in [9.17, 15) is 4.79 Å². The van der Waals surface area contributed by atoms with E-state index in [1.807, 2.05) is 25.1 Å². The monoisotopic (exact) mass is 301 g/mol. The van der Waals surface area contributed by atoms with E-state index in [0.29, 0.717) is 17.3 Å². The van der Waals surface area contributed by atoms with Crippen molar-refractivity contribution in [2.24, 2.45) is 12.8 Å². The zero-order valence-corrected chi connectivity index (χ0v) is 12.7. The molecule has 4 nitrogen and oxygen atoms in total. The van der Waals surface area contributed by atoms with Crippen LogP contribution in [-0.4, -0.2) is 17.0 Å². The van der Waals surface area contributed by atoms with Crippen molar-refractivity contribution < 1.29 is 4.79 Å². The van der Waals surface area contributed by atoms with E-state index in [1.165, 1.54) is 0 Å². The predicted octanol–water partition coefficient (Wildman–Crippen LogP) is 2.55. The maximum Gasteiger partial charge on any atom is 0.272 e. The number of hydrogen-bond donors (Lipinski definition) is 2. The predicted molar refractivity (Wildman–Crippen MR) is 85.5 cm³/mol. The molecule has 0 aliphatic heterocycles. The molecule has 0 saturated carbocycles. The minimum Gasteiger partial charge on any atom is -0.345 e. The van der Waals surface area contributed by atoms with E-state index in [4.69, 9.17) is 17.3 Å². The quantitative estimate of drug-likeness (QED) is 0.838. The number of nitrogens with zero attached hydrogens (tertiary/aromatic N) is 1. The highest BCUT2D eigenvalue weighted by molar-refractivity contribution is 6.31.